The SMILES string of the molecule is CSc1ncccc1C(=O)OCc1c(C)cc(C(C)(C)C)cc1C. The molecule has 0 aliphatic carbocycles. The first-order valence-corrected chi connectivity index (χ1v) is 9.23. The van der Waals surface area contributed by atoms with Gasteiger partial charge in [0.05, 0.1) is 5.56 Å². The maximum absolute atomic E-state index is 12.4. The molecule has 4 heteroatoms. The van der Waals surface area contributed by atoms with Crippen LogP contribution in [0.4, 0.5) is 0 Å². The minimum absolute atomic E-state index is 0.105. The third-order valence-corrected chi connectivity index (χ3v) is 4.81. The Morgan fingerprint density at radius 2 is 1.83 bits per heavy atom. The molecular formula is C20H25NO2S. The van der Waals surface area contributed by atoms with Crippen molar-refractivity contribution in [3.05, 3.63) is 58.3 Å². The molecule has 0 radical (unpaired) electrons. The predicted octanol–water partition coefficient (Wildman–Crippen LogP) is 5.07. The summed E-state index contributed by atoms with van der Waals surface area (Å²) in [5.74, 6) is -0.328. The molecule has 0 amide bonds. The maximum atomic E-state index is 12.4. The molecule has 0 bridgehead atoms. The molecule has 1 aromatic heterocycles. The molecule has 3 nitrogen and oxygen atoms in total. The Morgan fingerprint density at radius 3 is 2.38 bits per heavy atom. The highest BCUT2D eigenvalue weighted by Gasteiger charge is 2.18. The molecule has 24 heavy (non-hydrogen) atoms. The second kappa shape index (κ2) is 7.39. The average Bonchev–Trinajstić information content (AvgIpc) is 2.52. The van der Waals surface area contributed by atoms with Crippen LogP contribution < -0.4 is 0 Å². The summed E-state index contributed by atoms with van der Waals surface area (Å²) in [7, 11) is 0. The number of carbonyl (C=O) groups is 1. The summed E-state index contributed by atoms with van der Waals surface area (Å²) in [5.41, 5.74) is 5.31. The van der Waals surface area contributed by atoms with Crippen LogP contribution in [0.3, 0.4) is 0 Å². The first-order chi connectivity index (χ1) is 11.2. The van der Waals surface area contributed by atoms with Gasteiger partial charge in [0.15, 0.2) is 0 Å². The third kappa shape index (κ3) is 4.18. The van der Waals surface area contributed by atoms with Gasteiger partial charge in [-0.15, -0.1) is 11.8 Å². The Balaban J connectivity index is 2.19. The van der Waals surface area contributed by atoms with Crippen LogP contribution in [-0.2, 0) is 16.8 Å². The van der Waals surface area contributed by atoms with Gasteiger partial charge in [0.25, 0.3) is 0 Å². The van der Waals surface area contributed by atoms with Gasteiger partial charge in [-0.2, -0.15) is 0 Å². The molecule has 1 aromatic carbocycles. The zero-order valence-corrected chi connectivity index (χ0v) is 16.1. The van der Waals surface area contributed by atoms with Gasteiger partial charge >= 0.3 is 5.97 Å². The fourth-order valence-corrected chi connectivity index (χ4v) is 3.12. The van der Waals surface area contributed by atoms with Crippen LogP contribution >= 0.6 is 11.8 Å². The van der Waals surface area contributed by atoms with Crippen molar-refractivity contribution < 1.29 is 9.53 Å². The van der Waals surface area contributed by atoms with E-state index in [0.717, 1.165) is 16.7 Å². The van der Waals surface area contributed by atoms with Crippen molar-refractivity contribution >= 4 is 17.7 Å². The van der Waals surface area contributed by atoms with Crippen LogP contribution in [0.1, 0.15) is 53.4 Å². The summed E-state index contributed by atoms with van der Waals surface area (Å²) in [6.45, 7) is 11.0. The quantitative estimate of drug-likeness (QED) is 0.573. The molecule has 0 fully saturated rings. The normalized spacial score (nSPS) is 11.4. The van der Waals surface area contributed by atoms with E-state index in [4.69, 9.17) is 4.74 Å². The Bertz CT molecular complexity index is 725. The van der Waals surface area contributed by atoms with Gasteiger partial charge in [-0.3, -0.25) is 0 Å². The fourth-order valence-electron chi connectivity index (χ4n) is 2.58. The number of nitrogens with zero attached hydrogens (tertiary/aromatic N) is 1. The number of esters is 1. The lowest BCUT2D eigenvalue weighted by atomic mass is 9.84. The number of pyridine rings is 1. The molecule has 1 heterocycles. The lowest BCUT2D eigenvalue weighted by Crippen LogP contribution is -2.13. The van der Waals surface area contributed by atoms with Gasteiger partial charge in [0.2, 0.25) is 0 Å². The van der Waals surface area contributed by atoms with Crippen LogP contribution in [-0.4, -0.2) is 17.2 Å². The smallest absolute Gasteiger partial charge is 0.341 e. The highest BCUT2D eigenvalue weighted by atomic mass is 32.2. The number of benzene rings is 1. The second-order valence-corrected chi connectivity index (χ2v) is 7.77. The summed E-state index contributed by atoms with van der Waals surface area (Å²) < 4.78 is 5.55. The molecule has 0 aliphatic heterocycles. The maximum Gasteiger partial charge on any atom is 0.341 e. The lowest BCUT2D eigenvalue weighted by Gasteiger charge is -2.22. The first kappa shape index (κ1) is 18.5. The minimum atomic E-state index is -0.328. The van der Waals surface area contributed by atoms with E-state index in [2.05, 4.69) is 51.7 Å². The van der Waals surface area contributed by atoms with Gasteiger partial charge in [-0.05, 0) is 59.9 Å². The Kier molecular flexibility index (Phi) is 5.70. The van der Waals surface area contributed by atoms with Crippen LogP contribution in [0.2, 0.25) is 0 Å². The van der Waals surface area contributed by atoms with Crippen molar-refractivity contribution in [1.29, 1.82) is 0 Å². The van der Waals surface area contributed by atoms with E-state index in [1.165, 1.54) is 17.3 Å². The average molecular weight is 343 g/mol. The van der Waals surface area contributed by atoms with Crippen molar-refractivity contribution in [2.24, 2.45) is 0 Å². The number of hydrogen-bond acceptors (Lipinski definition) is 4. The van der Waals surface area contributed by atoms with Crippen molar-refractivity contribution in [1.82, 2.24) is 4.98 Å². The third-order valence-electron chi connectivity index (χ3n) is 4.09. The minimum Gasteiger partial charge on any atom is -0.457 e. The van der Waals surface area contributed by atoms with Crippen molar-refractivity contribution in [3.63, 3.8) is 0 Å². The van der Waals surface area contributed by atoms with E-state index in [1.54, 1.807) is 18.3 Å². The molecule has 0 spiro atoms. The highest BCUT2D eigenvalue weighted by molar-refractivity contribution is 7.98. The van der Waals surface area contributed by atoms with Crippen molar-refractivity contribution in [3.8, 4) is 0 Å². The molecule has 0 saturated carbocycles. The number of aryl methyl sites for hydroxylation is 2. The standard InChI is InChI=1S/C20H25NO2S/c1-13-10-15(20(3,4)5)11-14(2)17(13)12-23-19(22)16-8-7-9-21-18(16)24-6/h7-11H,12H2,1-6H3. The molecular weight excluding hydrogens is 318 g/mol. The predicted molar refractivity (Wildman–Crippen MR) is 99.8 cm³/mol. The van der Waals surface area contributed by atoms with Crippen LogP contribution in [0.5, 0.6) is 0 Å². The molecule has 0 atom stereocenters. The van der Waals surface area contributed by atoms with E-state index in [0.29, 0.717) is 10.6 Å². The van der Waals surface area contributed by atoms with Gasteiger partial charge in [-0.1, -0.05) is 32.9 Å². The summed E-state index contributed by atoms with van der Waals surface area (Å²) in [5, 5.41) is 0.694. The monoisotopic (exact) mass is 343 g/mol. The van der Waals surface area contributed by atoms with E-state index in [9.17, 15) is 4.79 Å². The van der Waals surface area contributed by atoms with Crippen molar-refractivity contribution in [2.45, 2.75) is 51.7 Å². The molecule has 0 N–H and O–H groups in total. The van der Waals surface area contributed by atoms with Crippen LogP contribution in [0.25, 0.3) is 0 Å². The van der Waals surface area contributed by atoms with E-state index >= 15 is 0 Å². The number of ether oxygens (including phenoxy) is 1. The fraction of sp³-hybridized carbons (Fsp3) is 0.400. The summed E-state index contributed by atoms with van der Waals surface area (Å²) in [6, 6.07) is 7.88. The summed E-state index contributed by atoms with van der Waals surface area (Å²) in [6.07, 6.45) is 3.58. The van der Waals surface area contributed by atoms with Crippen molar-refractivity contribution in [2.75, 3.05) is 6.26 Å². The molecule has 2 aromatic rings. The molecule has 0 saturated heterocycles. The molecule has 0 aliphatic rings. The number of hydrogen-bond donors (Lipinski definition) is 0. The Labute approximate surface area is 148 Å². The lowest BCUT2D eigenvalue weighted by molar-refractivity contribution is 0.0466. The zero-order chi connectivity index (χ0) is 17.9. The number of rotatable bonds is 4. The highest BCUT2D eigenvalue weighted by Crippen LogP contribution is 2.27. The molecule has 0 unspecified atom stereocenters. The van der Waals surface area contributed by atoms with Gasteiger partial charge in [0, 0.05) is 6.20 Å². The zero-order valence-electron chi connectivity index (χ0n) is 15.3. The number of aromatic nitrogens is 1. The second-order valence-electron chi connectivity index (χ2n) is 6.97. The number of thioether (sulfide) groups is 1. The first-order valence-electron chi connectivity index (χ1n) is 8.00. The van der Waals surface area contributed by atoms with Gasteiger partial charge in [0.1, 0.15) is 11.6 Å². The van der Waals surface area contributed by atoms with Crippen LogP contribution in [0.15, 0.2) is 35.5 Å². The van der Waals surface area contributed by atoms with E-state index in [1.807, 2.05) is 6.26 Å². The van der Waals surface area contributed by atoms with E-state index in [-0.39, 0.29) is 18.0 Å². The summed E-state index contributed by atoms with van der Waals surface area (Å²) in [4.78, 5) is 16.6. The molecule has 128 valence electrons. The topological polar surface area (TPSA) is 39.2 Å². The van der Waals surface area contributed by atoms with Crippen LogP contribution in [0, 0.1) is 13.8 Å². The van der Waals surface area contributed by atoms with Gasteiger partial charge in [-0.25, -0.2) is 9.78 Å². The largest absolute Gasteiger partial charge is 0.457 e. The summed E-state index contributed by atoms with van der Waals surface area (Å²) >= 11 is 1.44. The number of carbonyl (C=O) groups excluding carboxylic acids is 1. The molecule has 2 rings (SSSR count). The Morgan fingerprint density at radius 1 is 1.21 bits per heavy atom. The van der Waals surface area contributed by atoms with Gasteiger partial charge < -0.3 is 4.74 Å². The van der Waals surface area contributed by atoms with E-state index < -0.39 is 0 Å². The Hall–Kier alpha value is -1.81.